The van der Waals surface area contributed by atoms with Gasteiger partial charge in [0, 0.05) is 31.7 Å². The molecule has 164 valence electrons. The van der Waals surface area contributed by atoms with Crippen molar-refractivity contribution >= 4 is 32.6 Å². The van der Waals surface area contributed by atoms with Gasteiger partial charge in [-0.3, -0.25) is 14.6 Å². The Hall–Kier alpha value is -2.48. The van der Waals surface area contributed by atoms with Crippen LogP contribution >= 0.6 is 11.3 Å². The first kappa shape index (κ1) is 21.7. The van der Waals surface area contributed by atoms with E-state index in [1.165, 1.54) is 11.3 Å². The molecule has 0 radical (unpaired) electrons. The van der Waals surface area contributed by atoms with Crippen molar-refractivity contribution in [1.29, 1.82) is 0 Å². The van der Waals surface area contributed by atoms with Gasteiger partial charge in [-0.15, -0.1) is 0 Å². The van der Waals surface area contributed by atoms with Gasteiger partial charge in [0.15, 0.2) is 5.13 Å². The van der Waals surface area contributed by atoms with Gasteiger partial charge >= 0.3 is 0 Å². The first-order valence-corrected chi connectivity index (χ1v) is 11.7. The van der Waals surface area contributed by atoms with Crippen LogP contribution in [0.2, 0.25) is 0 Å². The minimum absolute atomic E-state index is 0.00827. The Bertz CT molecular complexity index is 1010. The fourth-order valence-corrected chi connectivity index (χ4v) is 4.70. The standard InChI is InChI=1S/C24H29N3O3S/c1-3-30-20-9-10-21-22(17-20)31-24(25-21)27(12-4-11-26-13-15-29-16-14-26)23(28)19-7-5-18(2)6-8-19/h5-10,17H,3-4,11-16H2,1-2H3. The molecule has 0 saturated carbocycles. The number of thiazole rings is 1. The topological polar surface area (TPSA) is 54.9 Å². The van der Waals surface area contributed by atoms with Crippen LogP contribution in [0.15, 0.2) is 42.5 Å². The lowest BCUT2D eigenvalue weighted by Gasteiger charge is -2.27. The third-order valence-electron chi connectivity index (χ3n) is 5.39. The highest BCUT2D eigenvalue weighted by Gasteiger charge is 2.22. The van der Waals surface area contributed by atoms with Crippen LogP contribution in [0.4, 0.5) is 5.13 Å². The molecule has 1 amide bonds. The largest absolute Gasteiger partial charge is 0.494 e. The predicted molar refractivity (Wildman–Crippen MR) is 126 cm³/mol. The van der Waals surface area contributed by atoms with E-state index >= 15 is 0 Å². The molecule has 0 spiro atoms. The van der Waals surface area contributed by atoms with Crippen molar-refractivity contribution in [1.82, 2.24) is 9.88 Å². The maximum Gasteiger partial charge on any atom is 0.260 e. The monoisotopic (exact) mass is 439 g/mol. The number of rotatable bonds is 8. The lowest BCUT2D eigenvalue weighted by Crippen LogP contribution is -2.39. The number of carbonyl (C=O) groups is 1. The van der Waals surface area contributed by atoms with Gasteiger partial charge in [0.05, 0.1) is 30.0 Å². The summed E-state index contributed by atoms with van der Waals surface area (Å²) in [5, 5.41) is 0.733. The van der Waals surface area contributed by atoms with Gasteiger partial charge in [0.25, 0.3) is 5.91 Å². The molecule has 0 bridgehead atoms. The van der Waals surface area contributed by atoms with E-state index in [-0.39, 0.29) is 5.91 Å². The fraction of sp³-hybridized carbons (Fsp3) is 0.417. The molecule has 0 N–H and O–H groups in total. The summed E-state index contributed by atoms with van der Waals surface area (Å²) in [6, 6.07) is 13.6. The summed E-state index contributed by atoms with van der Waals surface area (Å²) >= 11 is 1.54. The molecular formula is C24H29N3O3S. The average Bonchev–Trinajstić information content (AvgIpc) is 3.21. The average molecular weight is 440 g/mol. The first-order chi connectivity index (χ1) is 15.1. The van der Waals surface area contributed by atoms with Crippen LogP contribution in [0, 0.1) is 6.92 Å². The van der Waals surface area contributed by atoms with E-state index in [1.807, 2.05) is 61.2 Å². The van der Waals surface area contributed by atoms with Gasteiger partial charge in [-0.05, 0) is 50.6 Å². The molecule has 31 heavy (non-hydrogen) atoms. The molecule has 7 heteroatoms. The second-order valence-electron chi connectivity index (χ2n) is 7.69. The lowest BCUT2D eigenvalue weighted by molar-refractivity contribution is 0.0376. The van der Waals surface area contributed by atoms with Crippen LogP contribution in [-0.2, 0) is 4.74 Å². The molecule has 1 fully saturated rings. The highest BCUT2D eigenvalue weighted by atomic mass is 32.1. The van der Waals surface area contributed by atoms with Crippen LogP contribution in [-0.4, -0.2) is 61.8 Å². The van der Waals surface area contributed by atoms with Crippen LogP contribution in [0.3, 0.4) is 0 Å². The van der Waals surface area contributed by atoms with Crippen LogP contribution in [0.25, 0.3) is 10.2 Å². The summed E-state index contributed by atoms with van der Waals surface area (Å²) in [5.41, 5.74) is 2.71. The van der Waals surface area contributed by atoms with Crippen molar-refractivity contribution in [3.05, 3.63) is 53.6 Å². The number of benzene rings is 2. The molecule has 2 heterocycles. The fourth-order valence-electron chi connectivity index (χ4n) is 3.68. The Morgan fingerprint density at radius 3 is 2.71 bits per heavy atom. The molecule has 6 nitrogen and oxygen atoms in total. The highest BCUT2D eigenvalue weighted by Crippen LogP contribution is 2.32. The van der Waals surface area contributed by atoms with Crippen LogP contribution in [0.1, 0.15) is 29.3 Å². The van der Waals surface area contributed by atoms with E-state index in [2.05, 4.69) is 4.90 Å². The number of carbonyl (C=O) groups excluding carboxylic acids is 1. The third kappa shape index (κ3) is 5.42. The molecule has 1 aliphatic heterocycles. The Morgan fingerprint density at radius 2 is 1.97 bits per heavy atom. The number of hydrogen-bond acceptors (Lipinski definition) is 6. The molecule has 4 rings (SSSR count). The molecule has 1 aliphatic rings. The van der Waals surface area contributed by atoms with Crippen molar-refractivity contribution in [2.45, 2.75) is 20.3 Å². The zero-order valence-electron chi connectivity index (χ0n) is 18.2. The van der Waals surface area contributed by atoms with Gasteiger partial charge < -0.3 is 9.47 Å². The van der Waals surface area contributed by atoms with E-state index < -0.39 is 0 Å². The molecule has 0 unspecified atom stereocenters. The quantitative estimate of drug-likeness (QED) is 0.522. The van der Waals surface area contributed by atoms with Crippen LogP contribution < -0.4 is 9.64 Å². The van der Waals surface area contributed by atoms with E-state index in [1.54, 1.807) is 0 Å². The van der Waals surface area contributed by atoms with E-state index in [4.69, 9.17) is 14.5 Å². The molecule has 0 aliphatic carbocycles. The van der Waals surface area contributed by atoms with Crippen molar-refractivity contribution in [3.63, 3.8) is 0 Å². The molecular weight excluding hydrogens is 410 g/mol. The number of amides is 1. The predicted octanol–water partition coefficient (Wildman–Crippen LogP) is 4.37. The maximum absolute atomic E-state index is 13.4. The normalized spacial score (nSPS) is 14.6. The first-order valence-electron chi connectivity index (χ1n) is 10.9. The van der Waals surface area contributed by atoms with Gasteiger partial charge in [-0.1, -0.05) is 29.0 Å². The molecule has 3 aromatic rings. The van der Waals surface area contributed by atoms with Gasteiger partial charge in [-0.2, -0.15) is 0 Å². The summed E-state index contributed by atoms with van der Waals surface area (Å²) in [6.07, 6.45) is 0.887. The van der Waals surface area contributed by atoms with Gasteiger partial charge in [-0.25, -0.2) is 4.98 Å². The summed E-state index contributed by atoms with van der Waals surface area (Å²) in [5.74, 6) is 0.819. The lowest BCUT2D eigenvalue weighted by atomic mass is 10.1. The molecule has 1 saturated heterocycles. The Kier molecular flexibility index (Phi) is 7.17. The number of anilines is 1. The third-order valence-corrected chi connectivity index (χ3v) is 6.44. The Balaban J connectivity index is 1.56. The van der Waals surface area contributed by atoms with E-state index in [0.717, 1.165) is 65.9 Å². The number of morpholine rings is 1. The molecule has 1 aromatic heterocycles. The second kappa shape index (κ2) is 10.2. The number of ether oxygens (including phenoxy) is 2. The minimum Gasteiger partial charge on any atom is -0.494 e. The smallest absolute Gasteiger partial charge is 0.260 e. The zero-order chi connectivity index (χ0) is 21.6. The van der Waals surface area contributed by atoms with Crippen LogP contribution in [0.5, 0.6) is 5.75 Å². The second-order valence-corrected chi connectivity index (χ2v) is 8.70. The summed E-state index contributed by atoms with van der Waals surface area (Å²) in [7, 11) is 0. The maximum atomic E-state index is 13.4. The Morgan fingerprint density at radius 1 is 1.19 bits per heavy atom. The van der Waals surface area contributed by atoms with Crippen molar-refractivity contribution in [3.8, 4) is 5.75 Å². The summed E-state index contributed by atoms with van der Waals surface area (Å²) < 4.78 is 12.1. The zero-order valence-corrected chi connectivity index (χ0v) is 19.0. The number of hydrogen-bond donors (Lipinski definition) is 0. The van der Waals surface area contributed by atoms with Crippen molar-refractivity contribution in [2.75, 3.05) is 50.9 Å². The van der Waals surface area contributed by atoms with Crippen molar-refractivity contribution < 1.29 is 14.3 Å². The molecule has 0 atom stereocenters. The SMILES string of the molecule is CCOc1ccc2nc(N(CCCN3CCOCC3)C(=O)c3ccc(C)cc3)sc2c1. The summed E-state index contributed by atoms with van der Waals surface area (Å²) in [6.45, 7) is 9.66. The number of nitrogens with zero attached hydrogens (tertiary/aromatic N) is 3. The Labute approximate surface area is 187 Å². The summed E-state index contributed by atoms with van der Waals surface area (Å²) in [4.78, 5) is 22.4. The minimum atomic E-state index is -0.00827. The highest BCUT2D eigenvalue weighted by molar-refractivity contribution is 7.22. The molecule has 2 aromatic carbocycles. The number of aromatic nitrogens is 1. The number of fused-ring (bicyclic) bond motifs is 1. The van der Waals surface area contributed by atoms with E-state index in [0.29, 0.717) is 18.7 Å². The number of aryl methyl sites for hydroxylation is 1. The van der Waals surface area contributed by atoms with Gasteiger partial charge in [0.2, 0.25) is 0 Å². The van der Waals surface area contributed by atoms with E-state index in [9.17, 15) is 4.79 Å². The van der Waals surface area contributed by atoms with Gasteiger partial charge in [0.1, 0.15) is 5.75 Å². The van der Waals surface area contributed by atoms with Crippen molar-refractivity contribution in [2.24, 2.45) is 0 Å².